The third-order valence-electron chi connectivity index (χ3n) is 4.49. The Morgan fingerprint density at radius 2 is 2.00 bits per heavy atom. The number of fused-ring (bicyclic) bond motifs is 1. The largest absolute Gasteiger partial charge is 0.497 e. The summed E-state index contributed by atoms with van der Waals surface area (Å²) in [6.07, 6.45) is 1.21. The highest BCUT2D eigenvalue weighted by Gasteiger charge is 2.14. The summed E-state index contributed by atoms with van der Waals surface area (Å²) in [5.74, 6) is 0.967. The van der Waals surface area contributed by atoms with E-state index in [1.807, 2.05) is 17.5 Å². The van der Waals surface area contributed by atoms with Crippen LogP contribution in [0, 0.1) is 0 Å². The van der Waals surface area contributed by atoms with Crippen molar-refractivity contribution in [3.63, 3.8) is 0 Å². The van der Waals surface area contributed by atoms with E-state index in [1.165, 1.54) is 22.1 Å². The van der Waals surface area contributed by atoms with Gasteiger partial charge < -0.3 is 14.8 Å². The maximum atomic E-state index is 12.6. The van der Waals surface area contributed by atoms with Gasteiger partial charge in [-0.2, -0.15) is 0 Å². The van der Waals surface area contributed by atoms with Gasteiger partial charge in [0.1, 0.15) is 18.0 Å². The molecule has 0 aliphatic rings. The molecule has 0 saturated heterocycles. The minimum atomic E-state index is -0.355. The Morgan fingerprint density at radius 3 is 2.80 bits per heavy atom. The minimum Gasteiger partial charge on any atom is -0.497 e. The van der Waals surface area contributed by atoms with Gasteiger partial charge in [0, 0.05) is 10.9 Å². The molecule has 0 aliphatic heterocycles. The molecule has 0 spiro atoms. The molecule has 4 aromatic rings. The highest BCUT2D eigenvalue weighted by Crippen LogP contribution is 2.35. The summed E-state index contributed by atoms with van der Waals surface area (Å²) in [7, 11) is 3.17. The lowest BCUT2D eigenvalue weighted by atomic mass is 10.1. The summed E-state index contributed by atoms with van der Waals surface area (Å²) in [5, 5.41) is 5.00. The molecular formula is C21H18N4O4S. The second kappa shape index (κ2) is 8.34. The topological polar surface area (TPSA) is 95.3 Å². The van der Waals surface area contributed by atoms with E-state index in [4.69, 9.17) is 9.47 Å². The number of thiazole rings is 1. The van der Waals surface area contributed by atoms with Crippen LogP contribution in [0.1, 0.15) is 0 Å². The summed E-state index contributed by atoms with van der Waals surface area (Å²) < 4.78 is 12.1. The SMILES string of the molecule is COc1ccc(OC)c(-c2csc(NC(=O)Cn3c(=O)cnc4ccccc43)n2)c1. The Bertz CT molecular complexity index is 1280. The Morgan fingerprint density at radius 1 is 1.17 bits per heavy atom. The van der Waals surface area contributed by atoms with Gasteiger partial charge >= 0.3 is 0 Å². The van der Waals surface area contributed by atoms with E-state index >= 15 is 0 Å². The number of anilines is 1. The number of hydrogen-bond donors (Lipinski definition) is 1. The predicted molar refractivity (Wildman–Crippen MR) is 115 cm³/mol. The number of carbonyl (C=O) groups excluding carboxylic acids is 1. The van der Waals surface area contributed by atoms with Crippen molar-refractivity contribution in [2.24, 2.45) is 0 Å². The number of amides is 1. The van der Waals surface area contributed by atoms with Gasteiger partial charge in [0.05, 0.1) is 37.1 Å². The van der Waals surface area contributed by atoms with Crippen molar-refractivity contribution in [2.75, 3.05) is 19.5 Å². The fourth-order valence-corrected chi connectivity index (χ4v) is 3.78. The van der Waals surface area contributed by atoms with Crippen LogP contribution in [0.3, 0.4) is 0 Å². The smallest absolute Gasteiger partial charge is 0.269 e. The lowest BCUT2D eigenvalue weighted by Crippen LogP contribution is -2.27. The van der Waals surface area contributed by atoms with Crippen LogP contribution in [-0.4, -0.2) is 34.7 Å². The highest BCUT2D eigenvalue weighted by atomic mass is 32.1. The first kappa shape index (κ1) is 19.6. The zero-order valence-corrected chi connectivity index (χ0v) is 17.1. The van der Waals surface area contributed by atoms with Gasteiger partial charge in [-0.25, -0.2) is 9.97 Å². The van der Waals surface area contributed by atoms with Gasteiger partial charge in [-0.15, -0.1) is 11.3 Å². The van der Waals surface area contributed by atoms with Crippen molar-refractivity contribution >= 4 is 33.4 Å². The number of rotatable bonds is 6. The first-order valence-electron chi connectivity index (χ1n) is 9.01. The molecule has 0 fully saturated rings. The lowest BCUT2D eigenvalue weighted by Gasteiger charge is -2.09. The minimum absolute atomic E-state index is 0.140. The quantitative estimate of drug-likeness (QED) is 0.513. The van der Waals surface area contributed by atoms with E-state index in [-0.39, 0.29) is 18.0 Å². The van der Waals surface area contributed by atoms with Crippen LogP contribution in [0.2, 0.25) is 0 Å². The molecule has 4 rings (SSSR count). The van der Waals surface area contributed by atoms with Crippen molar-refractivity contribution in [3.8, 4) is 22.8 Å². The van der Waals surface area contributed by atoms with Gasteiger partial charge in [0.2, 0.25) is 5.91 Å². The zero-order chi connectivity index (χ0) is 21.1. The van der Waals surface area contributed by atoms with Crippen molar-refractivity contribution in [3.05, 3.63) is 64.4 Å². The third-order valence-corrected chi connectivity index (χ3v) is 5.25. The van der Waals surface area contributed by atoms with E-state index in [9.17, 15) is 9.59 Å². The van der Waals surface area contributed by atoms with E-state index in [0.717, 1.165) is 5.56 Å². The van der Waals surface area contributed by atoms with Crippen molar-refractivity contribution in [1.29, 1.82) is 0 Å². The first-order valence-corrected chi connectivity index (χ1v) is 9.89. The van der Waals surface area contributed by atoms with Crippen molar-refractivity contribution < 1.29 is 14.3 Å². The average molecular weight is 422 g/mol. The van der Waals surface area contributed by atoms with Crippen molar-refractivity contribution in [2.45, 2.75) is 6.54 Å². The lowest BCUT2D eigenvalue weighted by molar-refractivity contribution is -0.116. The molecule has 0 saturated carbocycles. The number of aromatic nitrogens is 3. The molecule has 8 nitrogen and oxygen atoms in total. The Labute approximate surface area is 175 Å². The molecule has 30 heavy (non-hydrogen) atoms. The predicted octanol–water partition coefficient (Wildman–Crippen LogP) is 3.18. The maximum Gasteiger partial charge on any atom is 0.269 e. The molecule has 0 unspecified atom stereocenters. The van der Waals surface area contributed by atoms with Gasteiger partial charge in [0.15, 0.2) is 5.13 Å². The number of carbonyl (C=O) groups is 1. The maximum absolute atomic E-state index is 12.6. The number of hydrogen-bond acceptors (Lipinski definition) is 7. The fourth-order valence-electron chi connectivity index (χ4n) is 3.05. The van der Waals surface area contributed by atoms with Crippen LogP contribution >= 0.6 is 11.3 Å². The molecule has 0 atom stereocenters. The number of ether oxygens (including phenoxy) is 2. The standard InChI is InChI=1S/C21H18N4O4S/c1-28-13-7-8-18(29-2)14(9-13)16-12-30-21(23-16)24-19(26)11-25-17-6-4-3-5-15(17)22-10-20(25)27/h3-10,12H,11H2,1-2H3,(H,23,24,26). The molecule has 1 N–H and O–H groups in total. The van der Waals surface area contributed by atoms with E-state index in [2.05, 4.69) is 15.3 Å². The third kappa shape index (κ3) is 3.87. The molecule has 2 heterocycles. The summed E-state index contributed by atoms with van der Waals surface area (Å²) in [6.45, 7) is -0.140. The monoisotopic (exact) mass is 422 g/mol. The van der Waals surface area contributed by atoms with Crippen LogP contribution in [0.25, 0.3) is 22.3 Å². The summed E-state index contributed by atoms with van der Waals surface area (Å²) in [4.78, 5) is 33.4. The van der Waals surface area contributed by atoms with Crippen LogP contribution < -0.4 is 20.3 Å². The molecule has 0 aliphatic carbocycles. The molecule has 2 aromatic heterocycles. The van der Waals surface area contributed by atoms with Crippen molar-refractivity contribution in [1.82, 2.24) is 14.5 Å². The number of para-hydroxylation sites is 2. The Kier molecular flexibility index (Phi) is 5.44. The second-order valence-corrected chi connectivity index (χ2v) is 7.18. The molecule has 152 valence electrons. The Hall–Kier alpha value is -3.72. The van der Waals surface area contributed by atoms with E-state index < -0.39 is 0 Å². The molecule has 2 aromatic carbocycles. The summed E-state index contributed by atoms with van der Waals surface area (Å²) >= 11 is 1.28. The molecule has 0 radical (unpaired) electrons. The van der Waals surface area contributed by atoms with Crippen LogP contribution in [0.5, 0.6) is 11.5 Å². The number of methoxy groups -OCH3 is 2. The summed E-state index contributed by atoms with van der Waals surface area (Å²) in [6, 6.07) is 12.6. The number of nitrogens with one attached hydrogen (secondary N) is 1. The normalized spacial score (nSPS) is 10.7. The average Bonchev–Trinajstić information content (AvgIpc) is 3.23. The molecule has 0 bridgehead atoms. The van der Waals surface area contributed by atoms with Crippen LogP contribution in [0.15, 0.2) is 58.8 Å². The zero-order valence-electron chi connectivity index (χ0n) is 16.3. The van der Waals surface area contributed by atoms with Gasteiger partial charge in [-0.05, 0) is 30.3 Å². The number of nitrogens with zero attached hydrogens (tertiary/aromatic N) is 3. The Balaban J connectivity index is 1.56. The highest BCUT2D eigenvalue weighted by molar-refractivity contribution is 7.14. The van der Waals surface area contributed by atoms with E-state index in [0.29, 0.717) is 33.4 Å². The fraction of sp³-hybridized carbons (Fsp3) is 0.143. The van der Waals surface area contributed by atoms with Gasteiger partial charge in [-0.3, -0.25) is 14.2 Å². The van der Waals surface area contributed by atoms with Gasteiger partial charge in [0.25, 0.3) is 5.56 Å². The molecule has 9 heteroatoms. The first-order chi connectivity index (χ1) is 14.6. The van der Waals surface area contributed by atoms with E-state index in [1.54, 1.807) is 44.6 Å². The molecular weight excluding hydrogens is 404 g/mol. The van der Waals surface area contributed by atoms with Crippen LogP contribution in [-0.2, 0) is 11.3 Å². The number of benzene rings is 2. The second-order valence-electron chi connectivity index (χ2n) is 6.32. The van der Waals surface area contributed by atoms with Gasteiger partial charge in [-0.1, -0.05) is 12.1 Å². The molecule has 1 amide bonds. The summed E-state index contributed by atoms with van der Waals surface area (Å²) in [5.41, 5.74) is 2.31. The van der Waals surface area contributed by atoms with Crippen LogP contribution in [0.4, 0.5) is 5.13 Å².